The van der Waals surface area contributed by atoms with Crippen molar-refractivity contribution >= 4 is 5.84 Å². The summed E-state index contributed by atoms with van der Waals surface area (Å²) in [4.78, 5) is 11.6. The Hall–Kier alpha value is -1.31. The van der Waals surface area contributed by atoms with Crippen molar-refractivity contribution in [1.29, 1.82) is 0 Å². The van der Waals surface area contributed by atoms with Crippen molar-refractivity contribution in [2.24, 2.45) is 22.6 Å². The Morgan fingerprint density at radius 1 is 1.69 bits per heavy atom. The summed E-state index contributed by atoms with van der Waals surface area (Å²) in [6.45, 7) is 2.89. The molecule has 0 aromatic heterocycles. The summed E-state index contributed by atoms with van der Waals surface area (Å²) in [6.07, 6.45) is 0. The lowest BCUT2D eigenvalue weighted by Crippen LogP contribution is -2.43. The Kier molecular flexibility index (Phi) is 3.74. The molecule has 0 spiro atoms. The van der Waals surface area contributed by atoms with Gasteiger partial charge in [-0.25, -0.2) is 0 Å². The lowest BCUT2D eigenvalue weighted by atomic mass is 9.99. The fraction of sp³-hybridized carbons (Fsp3) is 0.875. The zero-order valence-electron chi connectivity index (χ0n) is 8.73. The second-order valence-corrected chi connectivity index (χ2v) is 3.80. The van der Waals surface area contributed by atoms with Crippen LogP contribution in [0.25, 0.3) is 0 Å². The molecular weight excluding hydrogens is 224 g/mol. The highest BCUT2D eigenvalue weighted by molar-refractivity contribution is 5.85. The molecule has 2 atom stereocenters. The van der Waals surface area contributed by atoms with Gasteiger partial charge in [-0.3, -0.25) is 15.1 Å². The van der Waals surface area contributed by atoms with E-state index >= 15 is 0 Å². The maximum Gasteiger partial charge on any atom is 0.571 e. The van der Waals surface area contributed by atoms with Crippen LogP contribution in [0.1, 0.15) is 6.92 Å². The molecule has 1 aliphatic rings. The summed E-state index contributed by atoms with van der Waals surface area (Å²) in [5.41, 5.74) is 4.89. The summed E-state index contributed by atoms with van der Waals surface area (Å²) in [5.74, 6) is -1.07. The van der Waals surface area contributed by atoms with E-state index in [1.165, 1.54) is 0 Å². The second-order valence-electron chi connectivity index (χ2n) is 3.80. The largest absolute Gasteiger partial charge is 0.571 e. The highest BCUT2D eigenvalue weighted by Crippen LogP contribution is 2.21. The van der Waals surface area contributed by atoms with Crippen LogP contribution in [0.3, 0.4) is 0 Å². The van der Waals surface area contributed by atoms with E-state index in [-0.39, 0.29) is 18.4 Å². The number of hydrogen-bond acceptors (Lipinski definition) is 4. The zero-order valence-corrected chi connectivity index (χ0v) is 8.73. The molecule has 2 N–H and O–H groups in total. The number of nitrogens with two attached hydrogens (primary N) is 1. The third-order valence-electron chi connectivity index (χ3n) is 2.55. The number of hydrogen-bond donors (Lipinski definition) is 1. The number of nitro groups is 1. The first-order chi connectivity index (χ1) is 7.35. The number of alkyl halides is 2. The first kappa shape index (κ1) is 12.8. The number of amidine groups is 1. The molecule has 0 amide bonds. The van der Waals surface area contributed by atoms with Crippen molar-refractivity contribution in [2.45, 2.75) is 13.0 Å². The number of rotatable bonds is 4. The van der Waals surface area contributed by atoms with Crippen LogP contribution in [-0.2, 0) is 4.74 Å². The van der Waals surface area contributed by atoms with E-state index in [0.29, 0.717) is 13.2 Å². The minimum Gasteiger partial charge on any atom is -0.381 e. The predicted octanol–water partition coefficient (Wildman–Crippen LogP) is 0.496. The molecule has 0 radical (unpaired) electrons. The van der Waals surface area contributed by atoms with Crippen molar-refractivity contribution in [3.05, 3.63) is 10.1 Å². The van der Waals surface area contributed by atoms with Crippen molar-refractivity contribution in [2.75, 3.05) is 19.8 Å². The monoisotopic (exact) mass is 237 g/mol. The van der Waals surface area contributed by atoms with Crippen molar-refractivity contribution < 1.29 is 18.4 Å². The summed E-state index contributed by atoms with van der Waals surface area (Å²) < 4.78 is 30.6. The molecule has 0 aromatic carbocycles. The van der Waals surface area contributed by atoms with Gasteiger partial charge in [0.2, 0.25) is 5.84 Å². The topological polar surface area (TPSA) is 90.8 Å². The van der Waals surface area contributed by atoms with Gasteiger partial charge in [-0.05, 0) is 5.92 Å². The van der Waals surface area contributed by atoms with Gasteiger partial charge in [0.15, 0.2) is 0 Å². The molecule has 6 nitrogen and oxygen atoms in total. The molecule has 0 bridgehead atoms. The van der Waals surface area contributed by atoms with E-state index < -0.39 is 16.8 Å². The molecule has 0 saturated carbocycles. The molecule has 1 aliphatic heterocycles. The smallest absolute Gasteiger partial charge is 0.381 e. The minimum absolute atomic E-state index is 0.0129. The molecule has 16 heavy (non-hydrogen) atoms. The average molecular weight is 237 g/mol. The number of nitrogens with zero attached hydrogens (tertiary/aromatic N) is 2. The Morgan fingerprint density at radius 2 is 2.31 bits per heavy atom. The third kappa shape index (κ3) is 2.63. The molecule has 92 valence electrons. The standard InChI is InChI=1S/C8H13F2N3O3/c1-5-3-16-4-6(5)2-12-7(11)8(9,10)13(14)15/h5-6H,2-4H2,1H3,(H2,11,12). The average Bonchev–Trinajstić information content (AvgIpc) is 2.60. The quantitative estimate of drug-likeness (QED) is 0.253. The second kappa shape index (κ2) is 4.69. The van der Waals surface area contributed by atoms with Gasteiger partial charge in [0.1, 0.15) is 4.92 Å². The van der Waals surface area contributed by atoms with Crippen LogP contribution in [-0.4, -0.2) is 36.6 Å². The molecule has 1 rings (SSSR count). The fourth-order valence-corrected chi connectivity index (χ4v) is 1.34. The normalized spacial score (nSPS) is 27.1. The van der Waals surface area contributed by atoms with Gasteiger partial charge in [0, 0.05) is 19.1 Å². The molecule has 2 unspecified atom stereocenters. The molecule has 0 aliphatic carbocycles. The van der Waals surface area contributed by atoms with Crippen LogP contribution in [0.5, 0.6) is 0 Å². The van der Waals surface area contributed by atoms with Crippen LogP contribution in [0, 0.1) is 22.0 Å². The molecule has 1 saturated heterocycles. The van der Waals surface area contributed by atoms with Crippen molar-refractivity contribution in [1.82, 2.24) is 0 Å². The summed E-state index contributed by atoms with van der Waals surface area (Å²) in [5, 5.41) is 9.99. The predicted molar refractivity (Wildman–Crippen MR) is 51.9 cm³/mol. The van der Waals surface area contributed by atoms with Crippen LogP contribution >= 0.6 is 0 Å². The lowest BCUT2D eigenvalue weighted by Gasteiger charge is -2.11. The van der Waals surface area contributed by atoms with Gasteiger partial charge in [-0.2, -0.15) is 0 Å². The number of halogens is 2. The lowest BCUT2D eigenvalue weighted by molar-refractivity contribution is -0.617. The van der Waals surface area contributed by atoms with Crippen LogP contribution in [0.4, 0.5) is 8.78 Å². The Morgan fingerprint density at radius 3 is 2.75 bits per heavy atom. The van der Waals surface area contributed by atoms with Gasteiger partial charge in [-0.1, -0.05) is 6.92 Å². The van der Waals surface area contributed by atoms with Crippen LogP contribution < -0.4 is 5.73 Å². The van der Waals surface area contributed by atoms with Crippen molar-refractivity contribution in [3.8, 4) is 0 Å². The van der Waals surface area contributed by atoms with E-state index in [2.05, 4.69) is 4.99 Å². The first-order valence-electron chi connectivity index (χ1n) is 4.76. The SMILES string of the molecule is CC1COCC1CN=C(N)C(F)(F)[N+](=O)[O-]. The molecule has 1 heterocycles. The number of ether oxygens (including phenoxy) is 1. The van der Waals surface area contributed by atoms with Crippen LogP contribution in [0.2, 0.25) is 0 Å². The van der Waals surface area contributed by atoms with E-state index in [1.54, 1.807) is 0 Å². The van der Waals surface area contributed by atoms with E-state index in [4.69, 9.17) is 10.5 Å². The first-order valence-corrected chi connectivity index (χ1v) is 4.76. The highest BCUT2D eigenvalue weighted by Gasteiger charge is 2.49. The highest BCUT2D eigenvalue weighted by atomic mass is 19.3. The van der Waals surface area contributed by atoms with Gasteiger partial charge in [0.05, 0.1) is 6.61 Å². The van der Waals surface area contributed by atoms with Gasteiger partial charge in [-0.15, -0.1) is 8.78 Å². The van der Waals surface area contributed by atoms with Gasteiger partial charge < -0.3 is 10.5 Å². The summed E-state index contributed by atoms with van der Waals surface area (Å²) in [6, 6.07) is -4.29. The maximum atomic E-state index is 12.7. The van der Waals surface area contributed by atoms with Gasteiger partial charge >= 0.3 is 6.05 Å². The Balaban J connectivity index is 2.60. The molecule has 0 aromatic rings. The van der Waals surface area contributed by atoms with Crippen molar-refractivity contribution in [3.63, 3.8) is 0 Å². The molecule has 8 heteroatoms. The minimum atomic E-state index is -4.29. The van der Waals surface area contributed by atoms with Crippen LogP contribution in [0.15, 0.2) is 4.99 Å². The van der Waals surface area contributed by atoms with E-state index in [1.807, 2.05) is 6.92 Å². The summed E-state index contributed by atoms with van der Waals surface area (Å²) >= 11 is 0. The fourth-order valence-electron chi connectivity index (χ4n) is 1.34. The molecule has 1 fully saturated rings. The van der Waals surface area contributed by atoms with E-state index in [0.717, 1.165) is 0 Å². The third-order valence-corrected chi connectivity index (χ3v) is 2.55. The maximum absolute atomic E-state index is 12.7. The van der Waals surface area contributed by atoms with Gasteiger partial charge in [0.25, 0.3) is 0 Å². The Labute approximate surface area is 90.6 Å². The summed E-state index contributed by atoms with van der Waals surface area (Å²) in [7, 11) is 0. The zero-order chi connectivity index (χ0) is 12.3. The van der Waals surface area contributed by atoms with E-state index in [9.17, 15) is 18.9 Å². The number of aliphatic imine (C=N–C) groups is 1. The molecular formula is C8H13F2N3O3. The Bertz CT molecular complexity index is 309.